The first kappa shape index (κ1) is 16.5. The number of carbonyl (C=O) groups excluding carboxylic acids is 1. The Labute approximate surface area is 137 Å². The molecule has 0 spiro atoms. The Bertz CT molecular complexity index is 777. The second-order valence-electron chi connectivity index (χ2n) is 6.15. The molecule has 128 valence electrons. The van der Waals surface area contributed by atoms with Crippen LogP contribution in [0.2, 0.25) is 0 Å². The molecule has 0 bridgehead atoms. The minimum Gasteiger partial charge on any atom is -0.435 e. The number of nitrogens with one attached hydrogen (secondary N) is 1. The summed E-state index contributed by atoms with van der Waals surface area (Å²) in [6.07, 6.45) is -1.51. The fraction of sp³-hybridized carbons (Fsp3) is 0.412. The van der Waals surface area contributed by atoms with Gasteiger partial charge in [0.15, 0.2) is 5.89 Å². The molecule has 1 amide bonds. The predicted molar refractivity (Wildman–Crippen MR) is 81.8 cm³/mol. The minimum absolute atomic E-state index is 0.0415. The molecule has 3 rings (SSSR count). The highest BCUT2D eigenvalue weighted by atomic mass is 19.4. The highest BCUT2D eigenvalue weighted by Gasteiger charge is 2.33. The lowest BCUT2D eigenvalue weighted by atomic mass is 10.1. The summed E-state index contributed by atoms with van der Waals surface area (Å²) in [4.78, 5) is 16.5. The average molecular weight is 338 g/mol. The topological polar surface area (TPSA) is 55.1 Å². The lowest BCUT2D eigenvalue weighted by Gasteiger charge is -2.12. The van der Waals surface area contributed by atoms with Crippen LogP contribution in [0, 0.1) is 19.8 Å². The van der Waals surface area contributed by atoms with E-state index >= 15 is 0 Å². The van der Waals surface area contributed by atoms with Crippen LogP contribution in [0.25, 0.3) is 0 Å². The monoisotopic (exact) mass is 338 g/mol. The molecule has 1 heterocycles. The number of aryl methyl sites for hydroxylation is 2. The van der Waals surface area contributed by atoms with E-state index in [2.05, 4.69) is 10.3 Å². The number of halogens is 3. The molecule has 2 aromatic rings. The predicted octanol–water partition coefficient (Wildman–Crippen LogP) is 4.52. The molecular weight excluding hydrogens is 321 g/mol. The fourth-order valence-electron chi connectivity index (χ4n) is 2.51. The first-order chi connectivity index (χ1) is 11.2. The Kier molecular flexibility index (Phi) is 4.11. The van der Waals surface area contributed by atoms with Gasteiger partial charge in [0.2, 0.25) is 5.76 Å². The van der Waals surface area contributed by atoms with Gasteiger partial charge >= 0.3 is 6.18 Å². The normalized spacial score (nSPS) is 14.7. The van der Waals surface area contributed by atoms with Gasteiger partial charge in [-0.2, -0.15) is 13.2 Å². The van der Waals surface area contributed by atoms with Crippen molar-refractivity contribution in [3.05, 3.63) is 46.7 Å². The molecule has 24 heavy (non-hydrogen) atoms. The molecule has 7 heteroatoms. The molecule has 1 saturated carbocycles. The third-order valence-corrected chi connectivity index (χ3v) is 4.01. The van der Waals surface area contributed by atoms with Gasteiger partial charge in [-0.05, 0) is 50.3 Å². The largest absolute Gasteiger partial charge is 0.435 e. The fourth-order valence-corrected chi connectivity index (χ4v) is 2.51. The van der Waals surface area contributed by atoms with Gasteiger partial charge in [0, 0.05) is 12.1 Å². The zero-order valence-electron chi connectivity index (χ0n) is 13.3. The van der Waals surface area contributed by atoms with Gasteiger partial charge in [-0.25, -0.2) is 4.98 Å². The maximum absolute atomic E-state index is 12.9. The molecule has 1 aliphatic carbocycles. The molecule has 1 N–H and O–H groups in total. The molecular formula is C17H17F3N2O2. The van der Waals surface area contributed by atoms with E-state index in [0.29, 0.717) is 23.9 Å². The Hall–Kier alpha value is -2.31. The minimum atomic E-state index is -4.47. The third kappa shape index (κ3) is 3.60. The molecule has 0 atom stereocenters. The van der Waals surface area contributed by atoms with Crippen LogP contribution in [0.1, 0.15) is 46.1 Å². The van der Waals surface area contributed by atoms with Crippen LogP contribution in [0.3, 0.4) is 0 Å². The van der Waals surface area contributed by atoms with E-state index in [9.17, 15) is 18.0 Å². The summed E-state index contributed by atoms with van der Waals surface area (Å²) in [7, 11) is 0. The van der Waals surface area contributed by atoms with E-state index < -0.39 is 17.6 Å². The van der Waals surface area contributed by atoms with Crippen molar-refractivity contribution in [3.63, 3.8) is 0 Å². The van der Waals surface area contributed by atoms with Gasteiger partial charge in [0.05, 0.1) is 11.3 Å². The van der Waals surface area contributed by atoms with Crippen molar-refractivity contribution in [2.75, 3.05) is 5.32 Å². The first-order valence-electron chi connectivity index (χ1n) is 7.69. The van der Waals surface area contributed by atoms with Crippen molar-refractivity contribution in [1.82, 2.24) is 4.98 Å². The van der Waals surface area contributed by atoms with E-state index in [1.165, 1.54) is 19.1 Å². The van der Waals surface area contributed by atoms with Gasteiger partial charge in [-0.3, -0.25) is 4.79 Å². The summed E-state index contributed by atoms with van der Waals surface area (Å²) in [5.74, 6) is 0.504. The maximum atomic E-state index is 12.9. The van der Waals surface area contributed by atoms with Gasteiger partial charge in [-0.1, -0.05) is 6.07 Å². The van der Waals surface area contributed by atoms with E-state index in [1.54, 1.807) is 6.92 Å². The molecule has 1 aliphatic rings. The van der Waals surface area contributed by atoms with Crippen LogP contribution in [0.15, 0.2) is 22.6 Å². The second kappa shape index (κ2) is 5.96. The van der Waals surface area contributed by atoms with Crippen LogP contribution in [-0.2, 0) is 12.6 Å². The smallest absolute Gasteiger partial charge is 0.416 e. The molecule has 0 unspecified atom stereocenters. The quantitative estimate of drug-likeness (QED) is 0.892. The zero-order valence-corrected chi connectivity index (χ0v) is 13.3. The zero-order chi connectivity index (χ0) is 17.5. The SMILES string of the molecule is Cc1ccc(NC(=O)c2oc(CC3CC3)nc2C)cc1C(F)(F)F. The van der Waals surface area contributed by atoms with Crippen LogP contribution in [-0.4, -0.2) is 10.9 Å². The molecule has 1 aromatic heterocycles. The Morgan fingerprint density at radius 3 is 2.67 bits per heavy atom. The molecule has 0 aliphatic heterocycles. The number of hydrogen-bond acceptors (Lipinski definition) is 3. The Morgan fingerprint density at radius 2 is 2.04 bits per heavy atom. The van der Waals surface area contributed by atoms with E-state index in [0.717, 1.165) is 18.9 Å². The van der Waals surface area contributed by atoms with E-state index in [1.807, 2.05) is 0 Å². The van der Waals surface area contributed by atoms with Crippen molar-refractivity contribution in [1.29, 1.82) is 0 Å². The van der Waals surface area contributed by atoms with Crippen LogP contribution in [0.5, 0.6) is 0 Å². The number of carbonyl (C=O) groups is 1. The third-order valence-electron chi connectivity index (χ3n) is 4.01. The summed E-state index contributed by atoms with van der Waals surface area (Å²) >= 11 is 0. The second-order valence-corrected chi connectivity index (χ2v) is 6.15. The number of amides is 1. The molecule has 4 nitrogen and oxygen atoms in total. The summed E-state index contributed by atoms with van der Waals surface area (Å²) in [5, 5.41) is 2.45. The van der Waals surface area contributed by atoms with Crippen molar-refractivity contribution in [2.45, 2.75) is 39.3 Å². The lowest BCUT2D eigenvalue weighted by molar-refractivity contribution is -0.138. The highest BCUT2D eigenvalue weighted by Crippen LogP contribution is 2.34. The van der Waals surface area contributed by atoms with Crippen LogP contribution < -0.4 is 5.32 Å². The standard InChI is InChI=1S/C17H17F3N2O2/c1-9-3-6-12(8-13(9)17(18,19)20)22-16(23)15-10(2)21-14(24-15)7-11-4-5-11/h3,6,8,11H,4-5,7H2,1-2H3,(H,22,23). The average Bonchev–Trinajstić information content (AvgIpc) is 3.21. The van der Waals surface area contributed by atoms with Gasteiger partial charge in [0.1, 0.15) is 0 Å². The summed E-state index contributed by atoms with van der Waals surface area (Å²) in [6.45, 7) is 3.02. The number of alkyl halides is 3. The van der Waals surface area contributed by atoms with Gasteiger partial charge in [-0.15, -0.1) is 0 Å². The molecule has 1 fully saturated rings. The number of nitrogens with zero attached hydrogens (tertiary/aromatic N) is 1. The Morgan fingerprint density at radius 1 is 1.33 bits per heavy atom. The van der Waals surface area contributed by atoms with E-state index in [-0.39, 0.29) is 17.0 Å². The molecule has 0 radical (unpaired) electrons. The highest BCUT2D eigenvalue weighted by molar-refractivity contribution is 6.03. The number of oxazole rings is 1. The van der Waals surface area contributed by atoms with Crippen molar-refractivity contribution in [2.24, 2.45) is 5.92 Å². The van der Waals surface area contributed by atoms with E-state index in [4.69, 9.17) is 4.42 Å². The summed E-state index contributed by atoms with van der Waals surface area (Å²) in [5.41, 5.74) is -0.171. The van der Waals surface area contributed by atoms with Gasteiger partial charge in [0.25, 0.3) is 5.91 Å². The van der Waals surface area contributed by atoms with Crippen molar-refractivity contribution in [3.8, 4) is 0 Å². The number of rotatable bonds is 4. The maximum Gasteiger partial charge on any atom is 0.416 e. The van der Waals surface area contributed by atoms with Crippen molar-refractivity contribution >= 4 is 11.6 Å². The van der Waals surface area contributed by atoms with Crippen LogP contribution in [0.4, 0.5) is 18.9 Å². The summed E-state index contributed by atoms with van der Waals surface area (Å²) < 4.78 is 44.3. The number of anilines is 1. The van der Waals surface area contributed by atoms with Crippen molar-refractivity contribution < 1.29 is 22.4 Å². The number of benzene rings is 1. The van der Waals surface area contributed by atoms with Gasteiger partial charge < -0.3 is 9.73 Å². The first-order valence-corrected chi connectivity index (χ1v) is 7.69. The Balaban J connectivity index is 1.78. The molecule has 1 aromatic carbocycles. The summed E-state index contributed by atoms with van der Waals surface area (Å²) in [6, 6.07) is 3.67. The molecule has 0 saturated heterocycles. The number of aromatic nitrogens is 1. The number of hydrogen-bond donors (Lipinski definition) is 1. The lowest BCUT2D eigenvalue weighted by Crippen LogP contribution is -2.14. The van der Waals surface area contributed by atoms with Crippen LogP contribution >= 0.6 is 0 Å².